The number of nitrogens with zero attached hydrogens (tertiary/aromatic N) is 2. The Bertz CT molecular complexity index is 650. The van der Waals surface area contributed by atoms with Crippen LogP contribution in [0, 0.1) is 0 Å². The molecule has 1 heterocycles. The maximum Gasteiger partial charge on any atom is 0.0443 e. The molecule has 0 fully saturated rings. The molecule has 0 atom stereocenters. The molecule has 0 spiro atoms. The van der Waals surface area contributed by atoms with Gasteiger partial charge in [-0.2, -0.15) is 0 Å². The molecule has 0 saturated carbocycles. The predicted molar refractivity (Wildman–Crippen MR) is 90.5 cm³/mol. The fourth-order valence-corrected chi connectivity index (χ4v) is 3.08. The van der Waals surface area contributed by atoms with E-state index in [0.29, 0.717) is 6.54 Å². The van der Waals surface area contributed by atoms with E-state index in [1.165, 1.54) is 27.4 Å². The number of rotatable bonds is 4. The third kappa shape index (κ3) is 3.11. The number of hydrogen-bond donors (Lipinski definition) is 0. The third-order valence-corrected chi connectivity index (χ3v) is 4.10. The van der Waals surface area contributed by atoms with Gasteiger partial charge in [-0.25, -0.2) is 0 Å². The van der Waals surface area contributed by atoms with Gasteiger partial charge in [0.15, 0.2) is 0 Å². The normalized spacial score (nSPS) is 16.5. The van der Waals surface area contributed by atoms with Crippen LogP contribution in [0.3, 0.4) is 0 Å². The van der Waals surface area contributed by atoms with E-state index in [1.54, 1.807) is 7.05 Å². The van der Waals surface area contributed by atoms with Gasteiger partial charge in [-0.05, 0) is 63.1 Å². The van der Waals surface area contributed by atoms with Gasteiger partial charge >= 0.3 is 0 Å². The second-order valence-corrected chi connectivity index (χ2v) is 5.68. The van der Waals surface area contributed by atoms with E-state index >= 15 is 0 Å². The molecule has 110 valence electrons. The van der Waals surface area contributed by atoms with Crippen molar-refractivity contribution in [2.75, 3.05) is 32.0 Å². The highest BCUT2D eigenvalue weighted by Crippen LogP contribution is 2.35. The first kappa shape index (κ1) is 10.9. The van der Waals surface area contributed by atoms with Crippen molar-refractivity contribution in [3.63, 3.8) is 0 Å². The summed E-state index contributed by atoms with van der Waals surface area (Å²) in [5, 5.41) is 0. The molecule has 0 aliphatic carbocycles. The molecule has 3 rings (SSSR count). The van der Waals surface area contributed by atoms with E-state index in [9.17, 15) is 0 Å². The van der Waals surface area contributed by atoms with Gasteiger partial charge in [0.05, 0.1) is 0 Å². The van der Waals surface area contributed by atoms with Crippen LogP contribution in [0.2, 0.25) is 0 Å². The Kier molecular flexibility index (Phi) is 3.27. The molecule has 21 heavy (non-hydrogen) atoms. The molecule has 2 aromatic rings. The molecule has 1 aliphatic rings. The highest BCUT2D eigenvalue weighted by atomic mass is 15.1. The van der Waals surface area contributed by atoms with Crippen LogP contribution in [0.15, 0.2) is 48.5 Å². The Hall–Kier alpha value is -1.80. The molecule has 0 saturated heterocycles. The molecule has 2 aromatic carbocycles. The van der Waals surface area contributed by atoms with Crippen molar-refractivity contribution >= 4 is 11.4 Å². The average molecular weight is 283 g/mol. The van der Waals surface area contributed by atoms with Gasteiger partial charge < -0.3 is 9.80 Å². The average Bonchev–Trinajstić information content (AvgIpc) is 2.72. The maximum absolute atomic E-state index is 7.48. The first-order valence-electron chi connectivity index (χ1n) is 9.11. The number of para-hydroxylation sites is 2. The Morgan fingerprint density at radius 3 is 2.14 bits per heavy atom. The Morgan fingerprint density at radius 2 is 1.57 bits per heavy atom. The topological polar surface area (TPSA) is 6.48 Å². The second kappa shape index (κ2) is 6.31. The van der Waals surface area contributed by atoms with Crippen molar-refractivity contribution in [3.05, 3.63) is 59.7 Å². The smallest absolute Gasteiger partial charge is 0.0443 e. The van der Waals surface area contributed by atoms with E-state index in [4.69, 9.17) is 4.11 Å². The summed E-state index contributed by atoms with van der Waals surface area (Å²) in [4.78, 5) is 3.80. The minimum Gasteiger partial charge on any atom is -0.341 e. The van der Waals surface area contributed by atoms with Crippen LogP contribution < -0.4 is 4.90 Å². The molecule has 2 nitrogen and oxygen atoms in total. The summed E-state index contributed by atoms with van der Waals surface area (Å²) >= 11 is 0. The third-order valence-electron chi connectivity index (χ3n) is 4.10. The predicted octanol–water partition coefficient (Wildman–Crippen LogP) is 3.88. The molecule has 0 N–H and O–H groups in total. The van der Waals surface area contributed by atoms with Crippen LogP contribution in [0.1, 0.15) is 21.7 Å². The molecular formula is C19H24N2. The number of hydrogen-bond acceptors (Lipinski definition) is 2. The van der Waals surface area contributed by atoms with Crippen molar-refractivity contribution in [3.8, 4) is 0 Å². The molecule has 0 bridgehead atoms. The van der Waals surface area contributed by atoms with Gasteiger partial charge in [-0.3, -0.25) is 0 Å². The minimum atomic E-state index is -2.02. The fourth-order valence-electron chi connectivity index (χ4n) is 3.08. The van der Waals surface area contributed by atoms with E-state index < -0.39 is 6.98 Å². The summed E-state index contributed by atoms with van der Waals surface area (Å²) in [5.74, 6) is 0. The first-order valence-corrected chi connectivity index (χ1v) is 7.61. The lowest BCUT2D eigenvalue weighted by molar-refractivity contribution is 0.402. The van der Waals surface area contributed by atoms with Gasteiger partial charge in [-0.15, -0.1) is 0 Å². The van der Waals surface area contributed by atoms with Crippen molar-refractivity contribution in [2.45, 2.75) is 19.3 Å². The van der Waals surface area contributed by atoms with Crippen LogP contribution in [-0.2, 0) is 12.8 Å². The van der Waals surface area contributed by atoms with Gasteiger partial charge in [-0.1, -0.05) is 36.4 Å². The number of benzene rings is 2. The van der Waals surface area contributed by atoms with Crippen LogP contribution in [0.5, 0.6) is 0 Å². The Balaban J connectivity index is 1.83. The SMILES string of the molecule is [2H]C([2H])([2H])N(C)CCCN1c2ccccc2CCc2ccccc21. The van der Waals surface area contributed by atoms with Gasteiger partial charge in [0.1, 0.15) is 0 Å². The molecule has 0 radical (unpaired) electrons. The van der Waals surface area contributed by atoms with Crippen LogP contribution in [0.25, 0.3) is 0 Å². The van der Waals surface area contributed by atoms with Gasteiger partial charge in [0.2, 0.25) is 0 Å². The second-order valence-electron chi connectivity index (χ2n) is 5.68. The highest BCUT2D eigenvalue weighted by Gasteiger charge is 2.19. The maximum atomic E-state index is 7.48. The Morgan fingerprint density at radius 1 is 1.00 bits per heavy atom. The van der Waals surface area contributed by atoms with E-state index in [-0.39, 0.29) is 0 Å². The van der Waals surface area contributed by atoms with Crippen LogP contribution >= 0.6 is 0 Å². The van der Waals surface area contributed by atoms with Gasteiger partial charge in [0, 0.05) is 22.0 Å². The monoisotopic (exact) mass is 283 g/mol. The standard InChI is InChI=1S/C19H24N2/c1-20(2)14-7-15-21-18-10-5-3-8-16(18)12-13-17-9-4-6-11-19(17)21/h3-6,8-11H,7,12-15H2,1-2H3/i1D3. The van der Waals surface area contributed by atoms with E-state index in [1.807, 2.05) is 0 Å². The van der Waals surface area contributed by atoms with Crippen molar-refractivity contribution in [1.82, 2.24) is 4.90 Å². The lowest BCUT2D eigenvalue weighted by Gasteiger charge is -2.27. The molecular weight excluding hydrogens is 256 g/mol. The zero-order valence-corrected chi connectivity index (χ0v) is 12.5. The molecule has 1 aliphatic heterocycles. The summed E-state index contributed by atoms with van der Waals surface area (Å²) in [6.45, 7) is -0.652. The number of aryl methyl sites for hydroxylation is 2. The van der Waals surface area contributed by atoms with E-state index in [2.05, 4.69) is 53.4 Å². The van der Waals surface area contributed by atoms with Gasteiger partial charge in [0.25, 0.3) is 0 Å². The lowest BCUT2D eigenvalue weighted by Crippen LogP contribution is -2.23. The van der Waals surface area contributed by atoms with Crippen LogP contribution in [0.4, 0.5) is 11.4 Å². The zero-order chi connectivity index (χ0) is 17.2. The van der Waals surface area contributed by atoms with E-state index in [0.717, 1.165) is 25.8 Å². The minimum absolute atomic E-state index is 0.553. The van der Waals surface area contributed by atoms with Crippen LogP contribution in [-0.4, -0.2) is 32.0 Å². The van der Waals surface area contributed by atoms with Crippen molar-refractivity contribution < 1.29 is 4.11 Å². The summed E-state index contributed by atoms with van der Waals surface area (Å²) in [6.07, 6.45) is 2.88. The largest absolute Gasteiger partial charge is 0.341 e. The molecule has 0 amide bonds. The Labute approximate surface area is 132 Å². The number of fused-ring (bicyclic) bond motifs is 2. The highest BCUT2D eigenvalue weighted by molar-refractivity contribution is 5.71. The molecule has 0 unspecified atom stereocenters. The summed E-state index contributed by atoms with van der Waals surface area (Å²) < 4.78 is 22.4. The fraction of sp³-hybridized carbons (Fsp3) is 0.368. The quantitative estimate of drug-likeness (QED) is 0.840. The zero-order valence-electron chi connectivity index (χ0n) is 15.5. The lowest BCUT2D eigenvalue weighted by atomic mass is 10.0. The molecule has 2 heteroatoms. The first-order chi connectivity index (χ1) is 11.5. The van der Waals surface area contributed by atoms with Crippen molar-refractivity contribution in [2.24, 2.45) is 0 Å². The van der Waals surface area contributed by atoms with Crippen molar-refractivity contribution in [1.29, 1.82) is 0 Å². The summed E-state index contributed by atoms with van der Waals surface area (Å²) in [6, 6.07) is 17.1. The molecule has 0 aromatic heterocycles. The number of anilines is 2. The summed E-state index contributed by atoms with van der Waals surface area (Å²) in [5.41, 5.74) is 5.22. The summed E-state index contributed by atoms with van der Waals surface area (Å²) in [7, 11) is 1.66.